The topological polar surface area (TPSA) is 81.3 Å². The molecule has 2 aromatic carbocycles. The van der Waals surface area contributed by atoms with Gasteiger partial charge in [-0.2, -0.15) is 0 Å². The van der Waals surface area contributed by atoms with E-state index in [1.54, 1.807) is 19.2 Å². The van der Waals surface area contributed by atoms with Crippen molar-refractivity contribution in [3.8, 4) is 11.5 Å². The summed E-state index contributed by atoms with van der Waals surface area (Å²) in [7, 11) is 3.79. The molecule has 1 heterocycles. The van der Waals surface area contributed by atoms with Crippen LogP contribution in [-0.2, 0) is 0 Å². The Labute approximate surface area is 164 Å². The molecule has 1 aliphatic heterocycles. The minimum atomic E-state index is -0.358. The van der Waals surface area contributed by atoms with Gasteiger partial charge in [-0.3, -0.25) is 10.1 Å². The molecular formula is C20H27N4O4+. The molecule has 0 unspecified atom stereocenters. The van der Waals surface area contributed by atoms with Crippen molar-refractivity contribution in [1.82, 2.24) is 0 Å². The van der Waals surface area contributed by atoms with Crippen LogP contribution >= 0.6 is 0 Å². The van der Waals surface area contributed by atoms with E-state index < -0.39 is 0 Å². The fourth-order valence-corrected chi connectivity index (χ4v) is 3.21. The van der Waals surface area contributed by atoms with E-state index in [4.69, 9.17) is 9.47 Å². The first-order valence-corrected chi connectivity index (χ1v) is 9.42. The second-order valence-electron chi connectivity index (χ2n) is 6.86. The molecule has 1 fully saturated rings. The Morgan fingerprint density at radius 1 is 1.18 bits per heavy atom. The van der Waals surface area contributed by atoms with Gasteiger partial charge in [0.05, 0.1) is 45.3 Å². The number of benzene rings is 2. The maximum Gasteiger partial charge on any atom is 0.292 e. The highest BCUT2D eigenvalue weighted by Crippen LogP contribution is 2.29. The van der Waals surface area contributed by atoms with Crippen LogP contribution in [0.4, 0.5) is 17.1 Å². The standard InChI is InChI=1S/C20H26N4O4/c1-22-9-11-23(12-10-22)16-6-7-20(24(25)26)19(14-16)21-8-13-28-18-5-3-4-17(15-18)27-2/h3-7,14-15,21H,8-13H2,1-2H3/p+1. The lowest BCUT2D eigenvalue weighted by atomic mass is 10.2. The zero-order chi connectivity index (χ0) is 19.9. The summed E-state index contributed by atoms with van der Waals surface area (Å²) in [5, 5.41) is 14.5. The minimum absolute atomic E-state index is 0.0740. The molecular weight excluding hydrogens is 360 g/mol. The molecule has 0 aliphatic carbocycles. The number of anilines is 2. The van der Waals surface area contributed by atoms with Crippen molar-refractivity contribution in [2.75, 3.05) is 63.7 Å². The Kier molecular flexibility index (Phi) is 6.54. The van der Waals surface area contributed by atoms with Gasteiger partial charge < -0.3 is 24.6 Å². The monoisotopic (exact) mass is 387 g/mol. The second kappa shape index (κ2) is 9.27. The molecule has 1 aliphatic rings. The fraction of sp³-hybridized carbons (Fsp3) is 0.400. The van der Waals surface area contributed by atoms with Crippen LogP contribution in [0.15, 0.2) is 42.5 Å². The van der Waals surface area contributed by atoms with Crippen LogP contribution in [0.3, 0.4) is 0 Å². The number of nitrogens with one attached hydrogen (secondary N) is 2. The number of methoxy groups -OCH3 is 1. The van der Waals surface area contributed by atoms with E-state index in [0.717, 1.165) is 37.6 Å². The number of hydrogen-bond acceptors (Lipinski definition) is 6. The molecule has 2 N–H and O–H groups in total. The first kappa shape index (κ1) is 19.8. The fourth-order valence-electron chi connectivity index (χ4n) is 3.21. The quantitative estimate of drug-likeness (QED) is 0.405. The van der Waals surface area contributed by atoms with Crippen molar-refractivity contribution >= 4 is 17.1 Å². The second-order valence-corrected chi connectivity index (χ2v) is 6.86. The SMILES string of the molecule is COc1cccc(OCCNc2cc(N3CC[NH+](C)CC3)ccc2[N+](=O)[O-])c1. The molecule has 150 valence electrons. The number of nitro groups is 1. The Hall–Kier alpha value is -3.00. The van der Waals surface area contributed by atoms with E-state index in [0.29, 0.717) is 24.6 Å². The molecule has 3 rings (SSSR count). The van der Waals surface area contributed by atoms with E-state index in [-0.39, 0.29) is 10.6 Å². The van der Waals surface area contributed by atoms with Gasteiger partial charge in [0, 0.05) is 24.4 Å². The van der Waals surface area contributed by atoms with Gasteiger partial charge in [0.1, 0.15) is 23.8 Å². The normalized spacial score (nSPS) is 14.6. The molecule has 0 radical (unpaired) electrons. The number of nitrogens with zero attached hydrogens (tertiary/aromatic N) is 2. The van der Waals surface area contributed by atoms with Gasteiger partial charge in [-0.15, -0.1) is 0 Å². The lowest BCUT2D eigenvalue weighted by Gasteiger charge is -2.32. The van der Waals surface area contributed by atoms with Crippen molar-refractivity contribution in [3.63, 3.8) is 0 Å². The summed E-state index contributed by atoms with van der Waals surface area (Å²) < 4.78 is 10.9. The van der Waals surface area contributed by atoms with Crippen LogP contribution in [0.1, 0.15) is 0 Å². The predicted molar refractivity (Wildman–Crippen MR) is 109 cm³/mol. The molecule has 0 amide bonds. The van der Waals surface area contributed by atoms with E-state index in [1.807, 2.05) is 30.3 Å². The molecule has 0 bridgehead atoms. The van der Waals surface area contributed by atoms with Gasteiger partial charge in [0.25, 0.3) is 5.69 Å². The van der Waals surface area contributed by atoms with Gasteiger partial charge in [-0.1, -0.05) is 6.07 Å². The van der Waals surface area contributed by atoms with Gasteiger partial charge in [0.2, 0.25) is 0 Å². The Bertz CT molecular complexity index is 807. The van der Waals surface area contributed by atoms with Crippen molar-refractivity contribution in [2.45, 2.75) is 0 Å². The summed E-state index contributed by atoms with van der Waals surface area (Å²) in [5.41, 5.74) is 1.60. The number of nitro benzene ring substituents is 1. The maximum absolute atomic E-state index is 11.4. The first-order valence-electron chi connectivity index (χ1n) is 9.42. The number of piperazine rings is 1. The maximum atomic E-state index is 11.4. The minimum Gasteiger partial charge on any atom is -0.497 e. The van der Waals surface area contributed by atoms with Crippen LogP contribution in [-0.4, -0.2) is 58.4 Å². The van der Waals surface area contributed by atoms with Gasteiger partial charge in [-0.05, 0) is 24.3 Å². The van der Waals surface area contributed by atoms with Gasteiger partial charge >= 0.3 is 0 Å². The molecule has 8 heteroatoms. The molecule has 1 saturated heterocycles. The van der Waals surface area contributed by atoms with Crippen molar-refractivity contribution < 1.29 is 19.3 Å². The molecule has 0 atom stereocenters. The third kappa shape index (κ3) is 5.04. The largest absolute Gasteiger partial charge is 0.497 e. The average Bonchev–Trinajstić information content (AvgIpc) is 2.71. The smallest absolute Gasteiger partial charge is 0.292 e. The molecule has 8 nitrogen and oxygen atoms in total. The Morgan fingerprint density at radius 3 is 2.64 bits per heavy atom. The Morgan fingerprint density at radius 2 is 1.93 bits per heavy atom. The summed E-state index contributed by atoms with van der Waals surface area (Å²) >= 11 is 0. The van der Waals surface area contributed by atoms with Crippen LogP contribution in [0.2, 0.25) is 0 Å². The number of rotatable bonds is 8. The number of hydrogen-bond donors (Lipinski definition) is 2. The molecule has 0 spiro atoms. The van der Waals surface area contributed by atoms with E-state index in [9.17, 15) is 10.1 Å². The molecule has 0 aromatic heterocycles. The lowest BCUT2D eigenvalue weighted by molar-refractivity contribution is -0.880. The zero-order valence-electron chi connectivity index (χ0n) is 16.3. The summed E-state index contributed by atoms with van der Waals surface area (Å²) in [6.07, 6.45) is 0. The lowest BCUT2D eigenvalue weighted by Crippen LogP contribution is -3.12. The highest BCUT2D eigenvalue weighted by Gasteiger charge is 2.20. The van der Waals surface area contributed by atoms with Gasteiger partial charge in [-0.25, -0.2) is 0 Å². The molecule has 2 aromatic rings. The number of quaternary nitrogens is 1. The zero-order valence-corrected chi connectivity index (χ0v) is 16.3. The summed E-state index contributed by atoms with van der Waals surface area (Å²) in [5.74, 6) is 1.42. The van der Waals surface area contributed by atoms with Crippen molar-refractivity contribution in [2.24, 2.45) is 0 Å². The Balaban J connectivity index is 1.62. The third-order valence-electron chi connectivity index (χ3n) is 4.89. The highest BCUT2D eigenvalue weighted by atomic mass is 16.6. The summed E-state index contributed by atoms with van der Waals surface area (Å²) in [6, 6.07) is 12.6. The first-order chi connectivity index (χ1) is 13.6. The summed E-state index contributed by atoms with van der Waals surface area (Å²) in [6.45, 7) is 4.85. The molecule has 0 saturated carbocycles. The van der Waals surface area contributed by atoms with Crippen LogP contribution in [0.25, 0.3) is 0 Å². The van der Waals surface area contributed by atoms with E-state index >= 15 is 0 Å². The summed E-state index contributed by atoms with van der Waals surface area (Å²) in [4.78, 5) is 14.8. The average molecular weight is 387 g/mol. The number of likely N-dealkylation sites (N-methyl/N-ethyl adjacent to an activating group) is 1. The van der Waals surface area contributed by atoms with Gasteiger partial charge in [0.15, 0.2) is 0 Å². The van der Waals surface area contributed by atoms with E-state index in [2.05, 4.69) is 17.3 Å². The number of ether oxygens (including phenoxy) is 2. The predicted octanol–water partition coefficient (Wildman–Crippen LogP) is 1.43. The van der Waals surface area contributed by atoms with Crippen LogP contribution in [0, 0.1) is 10.1 Å². The highest BCUT2D eigenvalue weighted by molar-refractivity contribution is 5.69. The third-order valence-corrected chi connectivity index (χ3v) is 4.89. The molecule has 28 heavy (non-hydrogen) atoms. The van der Waals surface area contributed by atoms with Crippen LogP contribution < -0.4 is 24.6 Å². The van der Waals surface area contributed by atoms with E-state index in [1.165, 1.54) is 4.90 Å². The van der Waals surface area contributed by atoms with Crippen molar-refractivity contribution in [1.29, 1.82) is 0 Å². The van der Waals surface area contributed by atoms with Crippen molar-refractivity contribution in [3.05, 3.63) is 52.6 Å². The van der Waals surface area contributed by atoms with Crippen LogP contribution in [0.5, 0.6) is 11.5 Å².